The molecule has 0 unspecified atom stereocenters. The van der Waals surface area contributed by atoms with Gasteiger partial charge in [0.05, 0.1) is 42.1 Å². The van der Waals surface area contributed by atoms with Gasteiger partial charge in [0.1, 0.15) is 17.1 Å². The van der Waals surface area contributed by atoms with Gasteiger partial charge in [0.15, 0.2) is 11.5 Å². The van der Waals surface area contributed by atoms with Crippen LogP contribution in [0.2, 0.25) is 0 Å². The average molecular weight is 678 g/mol. The van der Waals surface area contributed by atoms with E-state index in [1.54, 1.807) is 14.2 Å². The van der Waals surface area contributed by atoms with Crippen LogP contribution in [0.25, 0.3) is 22.3 Å². The molecule has 258 valence electrons. The van der Waals surface area contributed by atoms with E-state index in [-0.39, 0.29) is 11.8 Å². The number of aryl methyl sites for hydroxylation is 1. The largest absolute Gasteiger partial charge is 0.508 e. The second-order valence-corrected chi connectivity index (χ2v) is 16.0. The third-order valence-electron chi connectivity index (χ3n) is 14.1. The highest BCUT2D eigenvalue weighted by Crippen LogP contribution is 2.76. The Kier molecular flexibility index (Phi) is 6.47. The van der Waals surface area contributed by atoms with Crippen LogP contribution < -0.4 is 9.47 Å². The standard InChI is InChI=1S/C44H43N3O4/c1-42-20-19-29-28-17-15-27(48)21-25(28)13-16-30(29)33(42)23-43(41(42)49)34(26-14-18-37(50-3)38(22-26)51-4)24-47(2)44(43)32-10-6-5-9-31(32)39-40(44)46-36-12-8-7-11-35(36)45-39/h5-12,14-15,17-18,21-22,29-30,33-34,48H,13,16,19-20,23-24H2,1-4H3/t29-,30-,33+,34-,42+,43-,44-/m1/s1. The maximum Gasteiger partial charge on any atom is 0.160 e. The number of ether oxygens (including phenoxy) is 2. The van der Waals surface area contributed by atoms with E-state index in [1.807, 2.05) is 42.5 Å². The summed E-state index contributed by atoms with van der Waals surface area (Å²) in [6.07, 6.45) is 4.52. The third kappa shape index (κ3) is 3.75. The van der Waals surface area contributed by atoms with Crippen LogP contribution in [-0.4, -0.2) is 53.6 Å². The zero-order valence-electron chi connectivity index (χ0n) is 29.6. The van der Waals surface area contributed by atoms with Gasteiger partial charge in [-0.25, -0.2) is 9.97 Å². The fourth-order valence-corrected chi connectivity index (χ4v) is 12.1. The fraction of sp³-hybridized carbons (Fsp3) is 0.386. The number of ketones is 1. The Morgan fingerprint density at radius 2 is 1.65 bits per heavy atom. The van der Waals surface area contributed by atoms with Gasteiger partial charge >= 0.3 is 0 Å². The van der Waals surface area contributed by atoms with Gasteiger partial charge < -0.3 is 14.6 Å². The molecule has 10 rings (SSSR count). The predicted octanol–water partition coefficient (Wildman–Crippen LogP) is 8.03. The highest BCUT2D eigenvalue weighted by Gasteiger charge is 2.78. The summed E-state index contributed by atoms with van der Waals surface area (Å²) in [5.41, 5.74) is 7.29. The number of methoxy groups -OCH3 is 2. The van der Waals surface area contributed by atoms with Crippen LogP contribution in [0.15, 0.2) is 84.9 Å². The number of aromatic nitrogens is 2. The number of phenolic OH excluding ortho intramolecular Hbond substituents is 1. The van der Waals surface area contributed by atoms with Gasteiger partial charge in [-0.2, -0.15) is 0 Å². The van der Waals surface area contributed by atoms with Gasteiger partial charge in [-0.1, -0.05) is 55.5 Å². The zero-order valence-corrected chi connectivity index (χ0v) is 29.6. The average Bonchev–Trinajstić information content (AvgIpc) is 3.69. The lowest BCUT2D eigenvalue weighted by Crippen LogP contribution is -2.54. The van der Waals surface area contributed by atoms with E-state index >= 15 is 4.79 Å². The Bertz CT molecular complexity index is 2290. The summed E-state index contributed by atoms with van der Waals surface area (Å²) < 4.78 is 11.6. The molecule has 2 heterocycles. The Morgan fingerprint density at radius 3 is 2.45 bits per heavy atom. The zero-order chi connectivity index (χ0) is 34.9. The number of aromatic hydroxyl groups is 1. The first kappa shape index (κ1) is 31.0. The summed E-state index contributed by atoms with van der Waals surface area (Å²) in [5.74, 6) is 2.87. The molecule has 51 heavy (non-hydrogen) atoms. The van der Waals surface area contributed by atoms with Crippen LogP contribution in [0.3, 0.4) is 0 Å². The Balaban J connectivity index is 1.25. The quantitative estimate of drug-likeness (QED) is 0.207. The lowest BCUT2D eigenvalue weighted by atomic mass is 9.55. The van der Waals surface area contributed by atoms with Crippen molar-refractivity contribution in [1.82, 2.24) is 14.9 Å². The van der Waals surface area contributed by atoms with Crippen molar-refractivity contribution in [3.05, 3.63) is 113 Å². The molecular weight excluding hydrogens is 635 g/mol. The second-order valence-electron chi connectivity index (χ2n) is 16.0. The van der Waals surface area contributed by atoms with Crippen molar-refractivity contribution < 1.29 is 19.4 Å². The molecule has 7 heteroatoms. The van der Waals surface area contributed by atoms with Gasteiger partial charge in [0.2, 0.25) is 0 Å². The Morgan fingerprint density at radius 1 is 0.882 bits per heavy atom. The van der Waals surface area contributed by atoms with Crippen molar-refractivity contribution in [3.8, 4) is 28.5 Å². The van der Waals surface area contributed by atoms with E-state index < -0.39 is 16.4 Å². The van der Waals surface area contributed by atoms with Crippen LogP contribution in [0.4, 0.5) is 0 Å². The lowest BCUT2D eigenvalue weighted by molar-refractivity contribution is -0.139. The molecule has 7 nitrogen and oxygen atoms in total. The molecule has 2 spiro atoms. The van der Waals surface area contributed by atoms with Crippen LogP contribution >= 0.6 is 0 Å². The molecule has 3 fully saturated rings. The number of benzene rings is 4. The van der Waals surface area contributed by atoms with Crippen molar-refractivity contribution in [3.63, 3.8) is 0 Å². The molecule has 4 aliphatic carbocycles. The summed E-state index contributed by atoms with van der Waals surface area (Å²) >= 11 is 0. The number of carbonyl (C=O) groups excluding carboxylic acids is 1. The number of rotatable bonds is 3. The van der Waals surface area contributed by atoms with Crippen molar-refractivity contribution in [2.45, 2.75) is 56.4 Å². The number of fused-ring (bicyclic) bond motifs is 12. The third-order valence-corrected chi connectivity index (χ3v) is 14.1. The number of hydrogen-bond acceptors (Lipinski definition) is 7. The smallest absolute Gasteiger partial charge is 0.160 e. The van der Waals surface area contributed by atoms with Gasteiger partial charge in [-0.05, 0) is 116 Å². The SMILES string of the molecule is COc1ccc([C@H]2CN(C)[C@@]3(c4ccccc4-c4nc5ccccc5nc43)[C@]23C[C@H]2[C@@H]4CCc5cc(O)ccc5[C@H]4CC[C@]2(C)C3=O)cc1OC. The summed E-state index contributed by atoms with van der Waals surface area (Å²) in [6.45, 7) is 2.98. The van der Waals surface area contributed by atoms with Crippen molar-refractivity contribution in [1.29, 1.82) is 0 Å². The molecule has 5 aliphatic rings. The molecule has 2 saturated carbocycles. The molecule has 1 N–H and O–H groups in total. The second kappa shape index (κ2) is 10.6. The number of phenols is 1. The summed E-state index contributed by atoms with van der Waals surface area (Å²) in [5, 5.41) is 10.3. The topological polar surface area (TPSA) is 84.8 Å². The lowest BCUT2D eigenvalue weighted by Gasteiger charge is -2.48. The predicted molar refractivity (Wildman–Crippen MR) is 196 cm³/mol. The van der Waals surface area contributed by atoms with Gasteiger partial charge in [0.25, 0.3) is 0 Å². The van der Waals surface area contributed by atoms with E-state index in [4.69, 9.17) is 19.4 Å². The maximum atomic E-state index is 16.3. The molecule has 5 aromatic rings. The first-order valence-corrected chi connectivity index (χ1v) is 18.4. The minimum atomic E-state index is -0.830. The maximum absolute atomic E-state index is 16.3. The number of carbonyl (C=O) groups is 1. The number of likely N-dealkylation sites (tertiary alicyclic amines) is 1. The molecule has 0 bridgehead atoms. The van der Waals surface area contributed by atoms with Gasteiger partial charge in [-0.3, -0.25) is 9.69 Å². The van der Waals surface area contributed by atoms with Crippen LogP contribution in [-0.2, 0) is 16.8 Å². The molecule has 1 aromatic heterocycles. The molecule has 0 radical (unpaired) electrons. The highest BCUT2D eigenvalue weighted by atomic mass is 16.5. The molecule has 7 atom stereocenters. The number of hydrogen-bond donors (Lipinski definition) is 1. The first-order chi connectivity index (χ1) is 24.8. The van der Waals surface area contributed by atoms with E-state index in [1.165, 1.54) is 11.1 Å². The van der Waals surface area contributed by atoms with Crippen molar-refractivity contribution in [2.75, 3.05) is 27.8 Å². The van der Waals surface area contributed by atoms with Crippen LogP contribution in [0.1, 0.15) is 72.4 Å². The Labute approximate surface area is 298 Å². The number of para-hydroxylation sites is 2. The Hall–Kier alpha value is -4.75. The molecule has 1 saturated heterocycles. The number of likely N-dealkylation sites (N-methyl/N-ethyl adjacent to an activating group) is 1. The van der Waals surface area contributed by atoms with E-state index in [0.29, 0.717) is 41.4 Å². The molecule has 4 aromatic carbocycles. The number of Topliss-reactive ketones (excluding diaryl/α,β-unsaturated/α-hetero) is 1. The monoisotopic (exact) mass is 677 g/mol. The van der Waals surface area contributed by atoms with Gasteiger partial charge in [-0.15, -0.1) is 0 Å². The van der Waals surface area contributed by atoms with E-state index in [9.17, 15) is 5.11 Å². The van der Waals surface area contributed by atoms with Crippen molar-refractivity contribution in [2.24, 2.45) is 22.7 Å². The summed E-state index contributed by atoms with van der Waals surface area (Å²) in [6, 6.07) is 29.0. The minimum absolute atomic E-state index is 0.129. The highest BCUT2D eigenvalue weighted by molar-refractivity contribution is 5.99. The minimum Gasteiger partial charge on any atom is -0.508 e. The molecule has 0 amide bonds. The fourth-order valence-electron chi connectivity index (χ4n) is 12.1. The summed E-state index contributed by atoms with van der Waals surface area (Å²) in [7, 11) is 5.55. The van der Waals surface area contributed by atoms with Crippen LogP contribution in [0, 0.1) is 22.7 Å². The normalized spacial score (nSPS) is 31.7. The molecular formula is C44H43N3O4. The van der Waals surface area contributed by atoms with E-state index in [2.05, 4.69) is 61.3 Å². The number of nitrogens with zero attached hydrogens (tertiary/aromatic N) is 3. The van der Waals surface area contributed by atoms with Crippen LogP contribution in [0.5, 0.6) is 17.2 Å². The molecule has 1 aliphatic heterocycles. The first-order valence-electron chi connectivity index (χ1n) is 18.4. The van der Waals surface area contributed by atoms with E-state index in [0.717, 1.165) is 71.2 Å². The summed E-state index contributed by atoms with van der Waals surface area (Å²) in [4.78, 5) is 29.7. The van der Waals surface area contributed by atoms with Crippen molar-refractivity contribution >= 4 is 16.8 Å². The van der Waals surface area contributed by atoms with Gasteiger partial charge in [0, 0.05) is 23.4 Å².